The zero-order valence-electron chi connectivity index (χ0n) is 16.1. The van der Waals surface area contributed by atoms with Crippen LogP contribution in [0, 0.1) is 0 Å². The summed E-state index contributed by atoms with van der Waals surface area (Å²) in [5, 5.41) is 0. The average Bonchev–Trinajstić information content (AvgIpc) is 2.72. The predicted molar refractivity (Wildman–Crippen MR) is 101 cm³/mol. The maximum absolute atomic E-state index is 12.7. The Hall–Kier alpha value is -2.77. The first kappa shape index (κ1) is 21.0. The van der Waals surface area contributed by atoms with E-state index in [-0.39, 0.29) is 24.3 Å². The molecule has 2 heterocycles. The first-order valence-electron chi connectivity index (χ1n) is 9.45. The Labute approximate surface area is 167 Å². The van der Waals surface area contributed by atoms with Crippen molar-refractivity contribution in [2.24, 2.45) is 0 Å². The van der Waals surface area contributed by atoms with E-state index in [1.165, 1.54) is 12.1 Å². The molecule has 1 aliphatic rings. The third-order valence-electron chi connectivity index (χ3n) is 5.03. The van der Waals surface area contributed by atoms with Gasteiger partial charge in [-0.15, -0.1) is 0 Å². The Morgan fingerprint density at radius 2 is 1.97 bits per heavy atom. The topological polar surface area (TPSA) is 51.7 Å². The molecule has 1 aliphatic heterocycles. The molecule has 0 aliphatic carbocycles. The van der Waals surface area contributed by atoms with Crippen molar-refractivity contribution in [3.8, 4) is 11.5 Å². The van der Waals surface area contributed by atoms with Crippen LogP contribution in [-0.4, -0.2) is 42.1 Å². The summed E-state index contributed by atoms with van der Waals surface area (Å²) < 4.78 is 48.7. The first-order chi connectivity index (χ1) is 13.9. The second kappa shape index (κ2) is 9.15. The highest BCUT2D eigenvalue weighted by Gasteiger charge is 2.30. The van der Waals surface area contributed by atoms with Crippen LogP contribution in [0.1, 0.15) is 30.4 Å². The number of likely N-dealkylation sites (tertiary alicyclic amines) is 1. The molecule has 1 amide bonds. The molecule has 0 saturated carbocycles. The molecule has 8 heteroatoms. The van der Waals surface area contributed by atoms with Crippen molar-refractivity contribution in [2.75, 3.05) is 20.3 Å². The molecule has 1 aromatic heterocycles. The van der Waals surface area contributed by atoms with Gasteiger partial charge in [-0.05, 0) is 56.0 Å². The second-order valence-corrected chi connectivity index (χ2v) is 6.94. The van der Waals surface area contributed by atoms with Gasteiger partial charge in [-0.1, -0.05) is 0 Å². The van der Waals surface area contributed by atoms with Crippen LogP contribution in [0.15, 0.2) is 42.7 Å². The van der Waals surface area contributed by atoms with Crippen molar-refractivity contribution < 1.29 is 27.4 Å². The van der Waals surface area contributed by atoms with E-state index in [0.717, 1.165) is 42.7 Å². The van der Waals surface area contributed by atoms with Crippen molar-refractivity contribution in [1.29, 1.82) is 0 Å². The molecule has 1 atom stereocenters. The zero-order valence-corrected chi connectivity index (χ0v) is 16.1. The van der Waals surface area contributed by atoms with Gasteiger partial charge in [-0.25, -0.2) is 0 Å². The van der Waals surface area contributed by atoms with Crippen molar-refractivity contribution in [3.05, 3.63) is 53.9 Å². The number of carbonyl (C=O) groups is 1. The summed E-state index contributed by atoms with van der Waals surface area (Å²) in [5.74, 6) is 0.783. The zero-order chi connectivity index (χ0) is 20.9. The van der Waals surface area contributed by atoms with Crippen LogP contribution in [0.2, 0.25) is 0 Å². The van der Waals surface area contributed by atoms with Crippen molar-refractivity contribution >= 4 is 5.91 Å². The number of nitrogens with zero attached hydrogens (tertiary/aromatic N) is 2. The van der Waals surface area contributed by atoms with Crippen LogP contribution in [0.5, 0.6) is 11.5 Å². The molecule has 0 N–H and O–H groups in total. The molecule has 1 saturated heterocycles. The SMILES string of the molecule is COc1ccncc1CC1CCCCN1C(=O)COc1ccc(C(F)(F)F)cc1. The summed E-state index contributed by atoms with van der Waals surface area (Å²) in [7, 11) is 1.60. The molecular formula is C21H23F3N2O3. The van der Waals surface area contributed by atoms with Gasteiger partial charge in [0.15, 0.2) is 6.61 Å². The summed E-state index contributed by atoms with van der Waals surface area (Å²) in [4.78, 5) is 18.7. The van der Waals surface area contributed by atoms with Gasteiger partial charge in [-0.3, -0.25) is 9.78 Å². The van der Waals surface area contributed by atoms with Gasteiger partial charge in [0.25, 0.3) is 5.91 Å². The van der Waals surface area contributed by atoms with Crippen molar-refractivity contribution in [2.45, 2.75) is 37.9 Å². The smallest absolute Gasteiger partial charge is 0.416 e. The molecule has 29 heavy (non-hydrogen) atoms. The summed E-state index contributed by atoms with van der Waals surface area (Å²) in [6.45, 7) is 0.411. The number of hydrogen-bond acceptors (Lipinski definition) is 4. The molecule has 0 spiro atoms. The highest BCUT2D eigenvalue weighted by molar-refractivity contribution is 5.78. The summed E-state index contributed by atoms with van der Waals surface area (Å²) in [5.41, 5.74) is 0.182. The number of pyridine rings is 1. The maximum Gasteiger partial charge on any atom is 0.416 e. The molecule has 0 radical (unpaired) electrons. The summed E-state index contributed by atoms with van der Waals surface area (Å²) >= 11 is 0. The van der Waals surface area contributed by atoms with E-state index in [1.807, 2.05) is 0 Å². The van der Waals surface area contributed by atoms with Crippen molar-refractivity contribution in [3.63, 3.8) is 0 Å². The van der Waals surface area contributed by atoms with Crippen LogP contribution in [0.25, 0.3) is 0 Å². The fraction of sp³-hybridized carbons (Fsp3) is 0.429. The largest absolute Gasteiger partial charge is 0.496 e. The Balaban J connectivity index is 1.62. The number of ether oxygens (including phenoxy) is 2. The second-order valence-electron chi connectivity index (χ2n) is 6.94. The number of aromatic nitrogens is 1. The number of halogens is 3. The Kier molecular flexibility index (Phi) is 6.61. The normalized spacial score (nSPS) is 17.1. The third kappa shape index (κ3) is 5.40. The predicted octanol–water partition coefficient (Wildman–Crippen LogP) is 4.11. The van der Waals surface area contributed by atoms with E-state index in [4.69, 9.17) is 9.47 Å². The number of benzene rings is 1. The fourth-order valence-electron chi connectivity index (χ4n) is 3.53. The summed E-state index contributed by atoms with van der Waals surface area (Å²) in [6.07, 6.45) is 2.43. The lowest BCUT2D eigenvalue weighted by molar-refractivity contribution is -0.138. The summed E-state index contributed by atoms with van der Waals surface area (Å²) in [6, 6.07) is 6.13. The monoisotopic (exact) mass is 408 g/mol. The standard InChI is InChI=1S/C21H23F3N2O3/c1-28-19-9-10-25-13-15(19)12-17-4-2-3-11-26(17)20(27)14-29-18-7-5-16(6-8-18)21(22,23)24/h5-10,13,17H,2-4,11-12,14H2,1H3. The van der Waals surface area contributed by atoms with E-state index < -0.39 is 11.7 Å². The highest BCUT2D eigenvalue weighted by Crippen LogP contribution is 2.30. The van der Waals surface area contributed by atoms with Gasteiger partial charge in [0.2, 0.25) is 0 Å². The molecular weight excluding hydrogens is 385 g/mol. The molecule has 1 fully saturated rings. The van der Waals surface area contributed by atoms with Gasteiger partial charge in [0.05, 0.1) is 12.7 Å². The lowest BCUT2D eigenvalue weighted by Crippen LogP contribution is -2.46. The lowest BCUT2D eigenvalue weighted by Gasteiger charge is -2.36. The third-order valence-corrected chi connectivity index (χ3v) is 5.03. The van der Waals surface area contributed by atoms with Crippen LogP contribution in [0.3, 0.4) is 0 Å². The quantitative estimate of drug-likeness (QED) is 0.722. The molecule has 3 rings (SSSR count). The minimum Gasteiger partial charge on any atom is -0.496 e. The molecule has 5 nitrogen and oxygen atoms in total. The highest BCUT2D eigenvalue weighted by atomic mass is 19.4. The van der Waals surface area contributed by atoms with Crippen LogP contribution in [-0.2, 0) is 17.4 Å². The number of methoxy groups -OCH3 is 1. The molecule has 1 unspecified atom stereocenters. The number of carbonyl (C=O) groups excluding carboxylic acids is 1. The van der Waals surface area contributed by atoms with E-state index in [0.29, 0.717) is 13.0 Å². The number of amides is 1. The van der Waals surface area contributed by atoms with Crippen LogP contribution in [0.4, 0.5) is 13.2 Å². The average molecular weight is 408 g/mol. The van der Waals surface area contributed by atoms with Crippen LogP contribution >= 0.6 is 0 Å². The van der Waals surface area contributed by atoms with Gasteiger partial charge < -0.3 is 14.4 Å². The van der Waals surface area contributed by atoms with E-state index in [9.17, 15) is 18.0 Å². The van der Waals surface area contributed by atoms with E-state index >= 15 is 0 Å². The molecule has 0 bridgehead atoms. The number of piperidine rings is 1. The number of alkyl halides is 3. The molecule has 156 valence electrons. The Morgan fingerprint density at radius 3 is 2.66 bits per heavy atom. The first-order valence-corrected chi connectivity index (χ1v) is 9.45. The molecule has 1 aromatic carbocycles. The van der Waals surface area contributed by atoms with E-state index in [2.05, 4.69) is 4.98 Å². The van der Waals surface area contributed by atoms with Gasteiger partial charge in [-0.2, -0.15) is 13.2 Å². The van der Waals surface area contributed by atoms with Gasteiger partial charge in [0, 0.05) is 30.5 Å². The van der Waals surface area contributed by atoms with E-state index in [1.54, 1.807) is 30.5 Å². The fourth-order valence-corrected chi connectivity index (χ4v) is 3.53. The molecule has 2 aromatic rings. The van der Waals surface area contributed by atoms with Crippen molar-refractivity contribution in [1.82, 2.24) is 9.88 Å². The van der Waals surface area contributed by atoms with Crippen LogP contribution < -0.4 is 9.47 Å². The van der Waals surface area contributed by atoms with Gasteiger partial charge >= 0.3 is 6.18 Å². The minimum absolute atomic E-state index is 0.00514. The minimum atomic E-state index is -4.40. The number of hydrogen-bond donors (Lipinski definition) is 0. The number of rotatable bonds is 6. The van der Waals surface area contributed by atoms with Gasteiger partial charge in [0.1, 0.15) is 11.5 Å². The Morgan fingerprint density at radius 1 is 1.21 bits per heavy atom. The maximum atomic E-state index is 12.7. The lowest BCUT2D eigenvalue weighted by atomic mass is 9.96. The Bertz CT molecular complexity index is 825.